The first kappa shape index (κ1) is 37.7. The maximum atomic E-state index is 5.57. The lowest BCUT2D eigenvalue weighted by molar-refractivity contribution is 0.668. The van der Waals surface area contributed by atoms with Crippen molar-refractivity contribution >= 4 is 66.2 Å². The van der Waals surface area contributed by atoms with Crippen LogP contribution >= 0.6 is 0 Å². The summed E-state index contributed by atoms with van der Waals surface area (Å²) in [5.74, 6) is 1.38. The molecular weight excluding hydrogens is 803 g/mol. The summed E-state index contributed by atoms with van der Waals surface area (Å²) in [5.41, 5.74) is 14.4. The van der Waals surface area contributed by atoms with E-state index in [2.05, 4.69) is 245 Å². The van der Waals surface area contributed by atoms with Gasteiger partial charge in [-0.15, -0.1) is 0 Å². The van der Waals surface area contributed by atoms with Crippen LogP contribution in [0.3, 0.4) is 0 Å². The van der Waals surface area contributed by atoms with Crippen LogP contribution in [0.1, 0.15) is 17.3 Å². The summed E-state index contributed by atoms with van der Waals surface area (Å²) >= 11 is 0. The first-order chi connectivity index (χ1) is 32.7. The summed E-state index contributed by atoms with van der Waals surface area (Å²) in [6.07, 6.45) is -0.405. The molecule has 0 radical (unpaired) electrons. The van der Waals surface area contributed by atoms with E-state index in [1.165, 1.54) is 21.7 Å². The first-order valence-corrected chi connectivity index (χ1v) is 22.5. The van der Waals surface area contributed by atoms with Crippen molar-refractivity contribution in [1.29, 1.82) is 0 Å². The van der Waals surface area contributed by atoms with Crippen molar-refractivity contribution in [3.63, 3.8) is 0 Å². The predicted octanol–water partition coefficient (Wildman–Crippen LogP) is 15.0. The van der Waals surface area contributed by atoms with Gasteiger partial charge in [-0.05, 0) is 56.8 Å². The molecule has 1 unspecified atom stereocenters. The second kappa shape index (κ2) is 15.5. The highest BCUT2D eigenvalue weighted by Crippen LogP contribution is 2.45. The fraction of sp³-hybridized carbons (Fsp3) is 0.0164. The average molecular weight is 844 g/mol. The monoisotopic (exact) mass is 843 g/mol. The van der Waals surface area contributed by atoms with Crippen LogP contribution in [-0.2, 0) is 0 Å². The molecule has 0 aliphatic carbocycles. The van der Waals surface area contributed by atoms with E-state index in [1.807, 2.05) is 6.07 Å². The molecule has 66 heavy (non-hydrogen) atoms. The van der Waals surface area contributed by atoms with E-state index in [1.54, 1.807) is 0 Å². The maximum absolute atomic E-state index is 5.57. The number of nitrogens with zero attached hydrogens (tertiary/aromatic N) is 4. The van der Waals surface area contributed by atoms with E-state index >= 15 is 0 Å². The molecule has 1 aliphatic rings. The van der Waals surface area contributed by atoms with Gasteiger partial charge in [0.2, 0.25) is 5.96 Å². The zero-order valence-electron chi connectivity index (χ0n) is 35.9. The molecule has 2 aromatic heterocycles. The smallest absolute Gasteiger partial charge is 0.234 e. The van der Waals surface area contributed by atoms with Crippen LogP contribution in [-0.4, -0.2) is 20.9 Å². The number of hydrogen-bond donors (Lipinski definition) is 1. The van der Waals surface area contributed by atoms with Gasteiger partial charge in [0, 0.05) is 38.2 Å². The average Bonchev–Trinajstić information content (AvgIpc) is 3.92. The van der Waals surface area contributed by atoms with Gasteiger partial charge in [0.1, 0.15) is 12.0 Å². The molecule has 0 saturated carbocycles. The minimum Gasteiger partial charge on any atom is -0.344 e. The fourth-order valence-corrected chi connectivity index (χ4v) is 10.1. The number of hydrogen-bond acceptors (Lipinski definition) is 3. The molecule has 1 aliphatic heterocycles. The highest BCUT2D eigenvalue weighted by Gasteiger charge is 2.28. The quantitative estimate of drug-likeness (QED) is 0.178. The number of aromatic nitrogens is 2. The zero-order valence-corrected chi connectivity index (χ0v) is 35.9. The normalized spacial score (nSPS) is 13.9. The Morgan fingerprint density at radius 3 is 1.56 bits per heavy atom. The zero-order chi connectivity index (χ0) is 43.6. The van der Waals surface area contributed by atoms with Gasteiger partial charge in [-0.3, -0.25) is 4.57 Å². The van der Waals surface area contributed by atoms with Gasteiger partial charge in [-0.1, -0.05) is 218 Å². The van der Waals surface area contributed by atoms with Gasteiger partial charge in [0.15, 0.2) is 0 Å². The molecule has 0 saturated heterocycles. The van der Waals surface area contributed by atoms with Crippen molar-refractivity contribution in [1.82, 2.24) is 14.5 Å². The number of rotatable bonds is 6. The van der Waals surface area contributed by atoms with Crippen LogP contribution in [0, 0.1) is 0 Å². The van der Waals surface area contributed by atoms with Crippen molar-refractivity contribution in [3.05, 3.63) is 248 Å². The van der Waals surface area contributed by atoms with E-state index in [4.69, 9.17) is 9.98 Å². The third-order valence-electron chi connectivity index (χ3n) is 13.2. The summed E-state index contributed by atoms with van der Waals surface area (Å²) < 4.78 is 4.84. The molecule has 0 spiro atoms. The predicted molar refractivity (Wildman–Crippen MR) is 276 cm³/mol. The highest BCUT2D eigenvalue weighted by molar-refractivity contribution is 6.27. The van der Waals surface area contributed by atoms with Gasteiger partial charge in [-0.25, -0.2) is 4.99 Å². The van der Waals surface area contributed by atoms with Gasteiger partial charge in [-0.2, -0.15) is 4.99 Å². The summed E-state index contributed by atoms with van der Waals surface area (Å²) in [6.45, 7) is 0. The van der Waals surface area contributed by atoms with E-state index in [0.29, 0.717) is 5.96 Å². The van der Waals surface area contributed by atoms with Crippen molar-refractivity contribution in [2.45, 2.75) is 6.17 Å². The molecule has 10 aromatic carbocycles. The molecule has 3 heterocycles. The molecule has 0 amide bonds. The maximum Gasteiger partial charge on any atom is 0.234 e. The molecular formula is C61H41N5. The highest BCUT2D eigenvalue weighted by atomic mass is 15.3. The molecule has 12 aromatic rings. The van der Waals surface area contributed by atoms with E-state index in [9.17, 15) is 0 Å². The Bertz CT molecular complexity index is 3880. The third kappa shape index (κ3) is 6.16. The molecule has 13 rings (SSSR count). The Labute approximate surface area is 381 Å². The van der Waals surface area contributed by atoms with Gasteiger partial charge < -0.3 is 9.88 Å². The number of amidine groups is 1. The third-order valence-corrected chi connectivity index (χ3v) is 13.2. The summed E-state index contributed by atoms with van der Waals surface area (Å²) in [7, 11) is 0. The largest absolute Gasteiger partial charge is 0.344 e. The lowest BCUT2D eigenvalue weighted by Crippen LogP contribution is -2.35. The molecule has 1 atom stereocenters. The lowest BCUT2D eigenvalue weighted by Gasteiger charge is -2.25. The summed E-state index contributed by atoms with van der Waals surface area (Å²) in [4.78, 5) is 11.0. The molecule has 5 nitrogen and oxygen atoms in total. The van der Waals surface area contributed by atoms with Crippen LogP contribution in [0.5, 0.6) is 0 Å². The number of benzene rings is 10. The summed E-state index contributed by atoms with van der Waals surface area (Å²) in [6, 6.07) is 84.8. The number of fused-ring (bicyclic) bond motifs is 8. The van der Waals surface area contributed by atoms with Crippen molar-refractivity contribution in [2.24, 2.45) is 9.98 Å². The Morgan fingerprint density at radius 2 is 0.879 bits per heavy atom. The topological polar surface area (TPSA) is 46.6 Å². The van der Waals surface area contributed by atoms with Gasteiger partial charge in [0.05, 0.1) is 27.8 Å². The number of nitrogens with one attached hydrogen (secondary N) is 1. The van der Waals surface area contributed by atoms with Crippen molar-refractivity contribution in [3.8, 4) is 39.1 Å². The molecule has 310 valence electrons. The molecule has 0 fully saturated rings. The second-order valence-electron chi connectivity index (χ2n) is 17.0. The Kier molecular flexibility index (Phi) is 8.84. The van der Waals surface area contributed by atoms with Crippen LogP contribution in [0.15, 0.2) is 247 Å². The molecule has 5 heteroatoms. The van der Waals surface area contributed by atoms with E-state index in [0.717, 1.165) is 88.7 Å². The minimum absolute atomic E-state index is 0.405. The first-order valence-electron chi connectivity index (χ1n) is 22.5. The molecule has 1 N–H and O–H groups in total. The van der Waals surface area contributed by atoms with Crippen LogP contribution in [0.2, 0.25) is 0 Å². The standard InChI is InChI=1S/C61H41N5/c1-4-17-40(18-5-1)42-31-34-45(35-32-42)60-62-59(44-22-8-3-9-23-44)63-61(64-60)66-55-30-15-13-26-51(55)53-38-37-52-50-25-12-14-29-54(50)65(57(52)58(53)66)56-48(43-20-6-2-7-21-43)27-16-28-49(56)47-36-33-41-19-10-11-24-46(41)39-47/h1-39,60H,(H,62,63,64). The van der Waals surface area contributed by atoms with E-state index in [-0.39, 0.29) is 0 Å². The van der Waals surface area contributed by atoms with Gasteiger partial charge >= 0.3 is 0 Å². The van der Waals surface area contributed by atoms with Crippen molar-refractivity contribution < 1.29 is 0 Å². The van der Waals surface area contributed by atoms with Gasteiger partial charge in [0.25, 0.3) is 0 Å². The number of aliphatic imine (C=N–C) groups is 2. The van der Waals surface area contributed by atoms with Crippen LogP contribution in [0.4, 0.5) is 0 Å². The van der Waals surface area contributed by atoms with Crippen molar-refractivity contribution in [2.75, 3.05) is 0 Å². The summed E-state index contributed by atoms with van der Waals surface area (Å²) in [5, 5.41) is 10.8. The van der Waals surface area contributed by atoms with E-state index < -0.39 is 6.17 Å². The minimum atomic E-state index is -0.405. The Balaban J connectivity index is 1.13. The SMILES string of the molecule is c1ccc(C2=NC(n3c4ccccc4c4ccc5c6ccccc6n(-c6c(-c7ccccc7)cccc6-c6ccc7ccccc7c6)c5c43)=NC(c3ccc(-c4ccccc4)cc3)N2)cc1. The Morgan fingerprint density at radius 1 is 0.364 bits per heavy atom. The Hall–Kier alpha value is -8.80. The molecule has 0 bridgehead atoms. The van der Waals surface area contributed by atoms with Crippen LogP contribution in [0.25, 0.3) is 93.5 Å². The fourth-order valence-electron chi connectivity index (χ4n) is 10.1. The number of para-hydroxylation sites is 3. The lowest BCUT2D eigenvalue weighted by atomic mass is 9.94. The second-order valence-corrected chi connectivity index (χ2v) is 17.0. The van der Waals surface area contributed by atoms with Crippen LogP contribution < -0.4 is 5.32 Å².